The van der Waals surface area contributed by atoms with Gasteiger partial charge in [-0.05, 0) is 32.4 Å². The molecule has 1 aromatic rings. The van der Waals surface area contributed by atoms with Crippen LogP contribution in [0.2, 0.25) is 0 Å². The molecule has 21 heavy (non-hydrogen) atoms. The fraction of sp³-hybridized carbons (Fsp3) is 0.500. The summed E-state index contributed by atoms with van der Waals surface area (Å²) in [5.41, 5.74) is 1.08. The first-order valence-corrected chi connectivity index (χ1v) is 7.36. The first-order chi connectivity index (χ1) is 10.2. The predicted molar refractivity (Wildman–Crippen MR) is 81.8 cm³/mol. The van der Waals surface area contributed by atoms with Crippen LogP contribution in [0.4, 0.5) is 5.69 Å². The van der Waals surface area contributed by atoms with Gasteiger partial charge < -0.3 is 14.8 Å². The molecule has 116 valence electrons. The second kappa shape index (κ2) is 9.00. The van der Waals surface area contributed by atoms with Gasteiger partial charge in [0, 0.05) is 12.2 Å². The molecule has 0 aliphatic rings. The Bertz CT molecular complexity index is 485. The lowest BCUT2D eigenvalue weighted by Gasteiger charge is -2.14. The zero-order valence-electron chi connectivity index (χ0n) is 12.9. The van der Waals surface area contributed by atoms with E-state index < -0.39 is 11.9 Å². The fourth-order valence-electron chi connectivity index (χ4n) is 1.90. The molecule has 0 saturated heterocycles. The molecule has 0 saturated carbocycles. The normalized spacial score (nSPS) is 10.0. The lowest BCUT2D eigenvalue weighted by atomic mass is 10.0. The van der Waals surface area contributed by atoms with E-state index in [-0.39, 0.29) is 24.3 Å². The van der Waals surface area contributed by atoms with Crippen LogP contribution in [-0.4, -0.2) is 31.7 Å². The molecule has 0 fully saturated rings. The summed E-state index contributed by atoms with van der Waals surface area (Å²) in [6.45, 7) is 6.79. The van der Waals surface area contributed by atoms with Crippen molar-refractivity contribution < 1.29 is 19.1 Å². The molecule has 0 atom stereocenters. The molecule has 0 spiro atoms. The molecule has 0 aliphatic heterocycles. The van der Waals surface area contributed by atoms with E-state index in [1.54, 1.807) is 32.0 Å². The first-order valence-electron chi connectivity index (χ1n) is 7.36. The van der Waals surface area contributed by atoms with Gasteiger partial charge in [0.25, 0.3) is 0 Å². The highest BCUT2D eigenvalue weighted by Crippen LogP contribution is 2.22. The Morgan fingerprint density at radius 2 is 1.71 bits per heavy atom. The van der Waals surface area contributed by atoms with Gasteiger partial charge in [-0.25, -0.2) is 9.59 Å². The van der Waals surface area contributed by atoms with E-state index in [1.165, 1.54) is 0 Å². The average molecular weight is 293 g/mol. The summed E-state index contributed by atoms with van der Waals surface area (Å²) in [6, 6.07) is 5.07. The second-order valence-electron chi connectivity index (χ2n) is 4.45. The molecule has 0 amide bonds. The van der Waals surface area contributed by atoms with Crippen molar-refractivity contribution in [1.29, 1.82) is 0 Å². The van der Waals surface area contributed by atoms with Crippen LogP contribution < -0.4 is 5.32 Å². The maximum atomic E-state index is 12.2. The lowest BCUT2D eigenvalue weighted by molar-refractivity contribution is 0.0479. The number of nitrogens with one attached hydrogen (secondary N) is 1. The molecular formula is C16H23NO4. The van der Waals surface area contributed by atoms with Crippen molar-refractivity contribution in [2.75, 3.05) is 25.1 Å². The maximum absolute atomic E-state index is 12.2. The molecule has 0 bridgehead atoms. The summed E-state index contributed by atoms with van der Waals surface area (Å²) in [7, 11) is 0. The standard InChI is InChI=1S/C16H23NO4/c1-4-7-11-17-13-10-8-9-12(15(18)20-5-2)14(13)16(19)21-6-3/h8-10,17H,4-7,11H2,1-3H3. The smallest absolute Gasteiger partial charge is 0.341 e. The number of rotatable bonds is 8. The lowest BCUT2D eigenvalue weighted by Crippen LogP contribution is -2.17. The second-order valence-corrected chi connectivity index (χ2v) is 4.45. The summed E-state index contributed by atoms with van der Waals surface area (Å²) in [4.78, 5) is 24.2. The van der Waals surface area contributed by atoms with E-state index in [9.17, 15) is 9.59 Å². The van der Waals surface area contributed by atoms with Gasteiger partial charge in [-0.1, -0.05) is 19.4 Å². The number of benzene rings is 1. The van der Waals surface area contributed by atoms with Crippen LogP contribution in [0.5, 0.6) is 0 Å². The van der Waals surface area contributed by atoms with Crippen LogP contribution >= 0.6 is 0 Å². The molecule has 1 rings (SSSR count). The van der Waals surface area contributed by atoms with Crippen LogP contribution in [0.25, 0.3) is 0 Å². The molecule has 5 heteroatoms. The van der Waals surface area contributed by atoms with Gasteiger partial charge in [-0.15, -0.1) is 0 Å². The molecule has 0 aliphatic carbocycles. The number of unbranched alkanes of at least 4 members (excludes halogenated alkanes) is 1. The highest BCUT2D eigenvalue weighted by atomic mass is 16.5. The van der Waals surface area contributed by atoms with Crippen molar-refractivity contribution in [3.05, 3.63) is 29.3 Å². The number of carbonyl (C=O) groups is 2. The Labute approximate surface area is 125 Å². The molecular weight excluding hydrogens is 270 g/mol. The Morgan fingerprint density at radius 3 is 2.33 bits per heavy atom. The van der Waals surface area contributed by atoms with E-state index >= 15 is 0 Å². The molecule has 0 radical (unpaired) electrons. The molecule has 1 aromatic carbocycles. The van der Waals surface area contributed by atoms with Gasteiger partial charge in [0.05, 0.1) is 24.3 Å². The van der Waals surface area contributed by atoms with Crippen LogP contribution in [-0.2, 0) is 9.47 Å². The summed E-state index contributed by atoms with van der Waals surface area (Å²) in [5, 5.41) is 3.18. The Hall–Kier alpha value is -2.04. The zero-order chi connectivity index (χ0) is 15.7. The van der Waals surface area contributed by atoms with E-state index in [1.807, 2.05) is 0 Å². The minimum atomic E-state index is -0.514. The molecule has 0 unspecified atom stereocenters. The van der Waals surface area contributed by atoms with Gasteiger partial charge in [0.15, 0.2) is 0 Å². The number of carbonyl (C=O) groups excluding carboxylic acids is 2. The number of hydrogen-bond donors (Lipinski definition) is 1. The van der Waals surface area contributed by atoms with Crippen molar-refractivity contribution in [1.82, 2.24) is 0 Å². The average Bonchev–Trinajstić information content (AvgIpc) is 2.47. The maximum Gasteiger partial charge on any atom is 0.341 e. The van der Waals surface area contributed by atoms with Crippen LogP contribution in [0.1, 0.15) is 54.3 Å². The third-order valence-electron chi connectivity index (χ3n) is 2.89. The quantitative estimate of drug-likeness (QED) is 0.589. The summed E-state index contributed by atoms with van der Waals surface area (Å²) in [6.07, 6.45) is 2.02. The number of hydrogen-bond acceptors (Lipinski definition) is 5. The SMILES string of the molecule is CCCCNc1cccc(C(=O)OCC)c1C(=O)OCC. The Kier molecular flexibility index (Phi) is 7.29. The van der Waals surface area contributed by atoms with Crippen molar-refractivity contribution in [2.24, 2.45) is 0 Å². The van der Waals surface area contributed by atoms with Gasteiger partial charge in [0.2, 0.25) is 0 Å². The summed E-state index contributed by atoms with van der Waals surface area (Å²) >= 11 is 0. The van der Waals surface area contributed by atoms with Crippen LogP contribution in [0, 0.1) is 0 Å². The molecule has 5 nitrogen and oxygen atoms in total. The van der Waals surface area contributed by atoms with E-state index in [4.69, 9.17) is 9.47 Å². The number of esters is 2. The van der Waals surface area contributed by atoms with E-state index in [0.29, 0.717) is 5.69 Å². The molecule has 0 aromatic heterocycles. The number of anilines is 1. The first kappa shape index (κ1) is 17.0. The third kappa shape index (κ3) is 4.77. The van der Waals surface area contributed by atoms with E-state index in [2.05, 4.69) is 12.2 Å². The Morgan fingerprint density at radius 1 is 1.05 bits per heavy atom. The number of ether oxygens (including phenoxy) is 2. The molecule has 1 N–H and O–H groups in total. The monoisotopic (exact) mass is 293 g/mol. The highest BCUT2D eigenvalue weighted by Gasteiger charge is 2.22. The highest BCUT2D eigenvalue weighted by molar-refractivity contribution is 6.07. The topological polar surface area (TPSA) is 64.6 Å². The van der Waals surface area contributed by atoms with Gasteiger partial charge >= 0.3 is 11.9 Å². The van der Waals surface area contributed by atoms with Crippen molar-refractivity contribution in [3.8, 4) is 0 Å². The van der Waals surface area contributed by atoms with Crippen molar-refractivity contribution >= 4 is 17.6 Å². The van der Waals surface area contributed by atoms with Gasteiger partial charge in [-0.3, -0.25) is 0 Å². The van der Waals surface area contributed by atoms with Crippen LogP contribution in [0.3, 0.4) is 0 Å². The summed E-state index contributed by atoms with van der Waals surface area (Å²) < 4.78 is 10.1. The van der Waals surface area contributed by atoms with Crippen LogP contribution in [0.15, 0.2) is 18.2 Å². The van der Waals surface area contributed by atoms with Gasteiger partial charge in [0.1, 0.15) is 0 Å². The zero-order valence-corrected chi connectivity index (χ0v) is 12.9. The summed E-state index contributed by atoms with van der Waals surface area (Å²) in [5.74, 6) is -1.03. The predicted octanol–water partition coefficient (Wildman–Crippen LogP) is 3.25. The largest absolute Gasteiger partial charge is 0.462 e. The third-order valence-corrected chi connectivity index (χ3v) is 2.89. The fourth-order valence-corrected chi connectivity index (χ4v) is 1.90. The van der Waals surface area contributed by atoms with Crippen molar-refractivity contribution in [3.63, 3.8) is 0 Å². The molecule has 0 heterocycles. The van der Waals surface area contributed by atoms with Crippen molar-refractivity contribution in [2.45, 2.75) is 33.6 Å². The van der Waals surface area contributed by atoms with E-state index in [0.717, 1.165) is 19.4 Å². The van der Waals surface area contributed by atoms with Gasteiger partial charge in [-0.2, -0.15) is 0 Å². The Balaban J connectivity index is 3.14. The minimum Gasteiger partial charge on any atom is -0.462 e. The minimum absolute atomic E-state index is 0.233.